The SMILES string of the molecule is CN=C(NCCc1ccc(C)c(OC)c1)N1CCC2(CCCC2)C1.I. The molecule has 2 fully saturated rings. The molecule has 1 aromatic carbocycles. The lowest BCUT2D eigenvalue weighted by molar-refractivity contribution is 0.309. The molecule has 0 bridgehead atoms. The van der Waals surface area contributed by atoms with Crippen molar-refractivity contribution in [2.75, 3.05) is 33.8 Å². The van der Waals surface area contributed by atoms with Crippen molar-refractivity contribution in [2.45, 2.75) is 45.4 Å². The fraction of sp³-hybridized carbons (Fsp3) is 0.650. The van der Waals surface area contributed by atoms with Crippen LogP contribution < -0.4 is 10.1 Å². The van der Waals surface area contributed by atoms with Gasteiger partial charge >= 0.3 is 0 Å². The van der Waals surface area contributed by atoms with Gasteiger partial charge in [-0.2, -0.15) is 0 Å². The van der Waals surface area contributed by atoms with Crippen LogP contribution in [0.5, 0.6) is 5.75 Å². The number of nitrogens with one attached hydrogen (secondary N) is 1. The molecule has 3 rings (SSSR count). The van der Waals surface area contributed by atoms with Gasteiger partial charge in [0.2, 0.25) is 0 Å². The van der Waals surface area contributed by atoms with Gasteiger partial charge < -0.3 is 15.0 Å². The van der Waals surface area contributed by atoms with E-state index in [2.05, 4.69) is 40.3 Å². The van der Waals surface area contributed by atoms with Crippen LogP contribution in [-0.2, 0) is 6.42 Å². The summed E-state index contributed by atoms with van der Waals surface area (Å²) < 4.78 is 5.42. The number of methoxy groups -OCH3 is 1. The Kier molecular flexibility index (Phi) is 7.40. The fourth-order valence-electron chi connectivity index (χ4n) is 4.32. The van der Waals surface area contributed by atoms with Crippen molar-refractivity contribution in [2.24, 2.45) is 10.4 Å². The Morgan fingerprint density at radius 1 is 1.28 bits per heavy atom. The molecule has 1 spiro atoms. The summed E-state index contributed by atoms with van der Waals surface area (Å²) in [5.74, 6) is 2.04. The molecule has 0 unspecified atom stereocenters. The molecule has 0 radical (unpaired) electrons. The Bertz CT molecular complexity index is 597. The minimum Gasteiger partial charge on any atom is -0.496 e. The Balaban J connectivity index is 0.00000225. The van der Waals surface area contributed by atoms with E-state index in [1.807, 2.05) is 7.05 Å². The van der Waals surface area contributed by atoms with Crippen LogP contribution >= 0.6 is 24.0 Å². The van der Waals surface area contributed by atoms with Crippen LogP contribution in [0, 0.1) is 12.3 Å². The number of hydrogen-bond acceptors (Lipinski definition) is 2. The second-order valence-electron chi connectivity index (χ2n) is 7.41. The summed E-state index contributed by atoms with van der Waals surface area (Å²) in [7, 11) is 3.63. The molecule has 2 aliphatic rings. The molecule has 1 aromatic rings. The summed E-state index contributed by atoms with van der Waals surface area (Å²) in [4.78, 5) is 6.97. The predicted octanol–water partition coefficient (Wildman–Crippen LogP) is 4.01. The highest BCUT2D eigenvalue weighted by molar-refractivity contribution is 14.0. The van der Waals surface area contributed by atoms with E-state index in [1.54, 1.807) is 7.11 Å². The van der Waals surface area contributed by atoms with E-state index < -0.39 is 0 Å². The minimum absolute atomic E-state index is 0. The number of nitrogens with zero attached hydrogens (tertiary/aromatic N) is 2. The zero-order valence-electron chi connectivity index (χ0n) is 15.8. The van der Waals surface area contributed by atoms with Crippen LogP contribution in [-0.4, -0.2) is 44.7 Å². The molecular weight excluding hydrogens is 425 g/mol. The van der Waals surface area contributed by atoms with E-state index in [0.717, 1.165) is 31.2 Å². The molecular formula is C20H32IN3O. The molecule has 1 aliphatic heterocycles. The van der Waals surface area contributed by atoms with Crippen LogP contribution in [0.3, 0.4) is 0 Å². The van der Waals surface area contributed by atoms with Crippen molar-refractivity contribution in [3.05, 3.63) is 29.3 Å². The first-order chi connectivity index (χ1) is 11.7. The third-order valence-corrected chi connectivity index (χ3v) is 5.78. The van der Waals surface area contributed by atoms with E-state index in [4.69, 9.17) is 4.74 Å². The molecule has 1 saturated heterocycles. The summed E-state index contributed by atoms with van der Waals surface area (Å²) >= 11 is 0. The lowest BCUT2D eigenvalue weighted by atomic mass is 9.86. The summed E-state index contributed by atoms with van der Waals surface area (Å²) in [5.41, 5.74) is 3.07. The van der Waals surface area contributed by atoms with Crippen LogP contribution in [0.1, 0.15) is 43.2 Å². The molecule has 1 saturated carbocycles. The minimum atomic E-state index is 0. The largest absolute Gasteiger partial charge is 0.496 e. The van der Waals surface area contributed by atoms with Gasteiger partial charge in [0, 0.05) is 26.7 Å². The molecule has 1 aliphatic carbocycles. The number of benzene rings is 1. The van der Waals surface area contributed by atoms with E-state index >= 15 is 0 Å². The van der Waals surface area contributed by atoms with Gasteiger partial charge in [-0.25, -0.2) is 0 Å². The van der Waals surface area contributed by atoms with E-state index in [9.17, 15) is 0 Å². The number of ether oxygens (including phenoxy) is 1. The predicted molar refractivity (Wildman–Crippen MR) is 115 cm³/mol. The lowest BCUT2D eigenvalue weighted by Gasteiger charge is -2.26. The summed E-state index contributed by atoms with van der Waals surface area (Å²) in [6.45, 7) is 5.32. The van der Waals surface area contributed by atoms with Crippen molar-refractivity contribution < 1.29 is 4.74 Å². The van der Waals surface area contributed by atoms with Crippen molar-refractivity contribution >= 4 is 29.9 Å². The van der Waals surface area contributed by atoms with E-state index in [-0.39, 0.29) is 24.0 Å². The van der Waals surface area contributed by atoms with Crippen molar-refractivity contribution in [3.8, 4) is 5.75 Å². The molecule has 0 aromatic heterocycles. The van der Waals surface area contributed by atoms with E-state index in [1.165, 1.54) is 49.8 Å². The molecule has 0 atom stereocenters. The Morgan fingerprint density at radius 2 is 2.04 bits per heavy atom. The maximum absolute atomic E-state index is 5.42. The Morgan fingerprint density at radius 3 is 2.72 bits per heavy atom. The van der Waals surface area contributed by atoms with Crippen molar-refractivity contribution in [1.82, 2.24) is 10.2 Å². The smallest absolute Gasteiger partial charge is 0.193 e. The first-order valence-electron chi connectivity index (χ1n) is 9.25. The molecule has 5 heteroatoms. The van der Waals surface area contributed by atoms with Gasteiger partial charge in [0.25, 0.3) is 0 Å². The lowest BCUT2D eigenvalue weighted by Crippen LogP contribution is -2.41. The van der Waals surface area contributed by atoms with Crippen molar-refractivity contribution in [1.29, 1.82) is 0 Å². The highest BCUT2D eigenvalue weighted by Crippen LogP contribution is 2.45. The number of aryl methyl sites for hydroxylation is 1. The summed E-state index contributed by atoms with van der Waals surface area (Å²) in [5, 5.41) is 3.55. The zero-order chi connectivity index (χ0) is 17.0. The van der Waals surface area contributed by atoms with Gasteiger partial charge in [0.1, 0.15) is 5.75 Å². The second kappa shape index (κ2) is 9.10. The van der Waals surface area contributed by atoms with Crippen LogP contribution in [0.2, 0.25) is 0 Å². The van der Waals surface area contributed by atoms with Gasteiger partial charge in [-0.15, -0.1) is 24.0 Å². The number of guanidine groups is 1. The van der Waals surface area contributed by atoms with Gasteiger partial charge in [-0.3, -0.25) is 4.99 Å². The van der Waals surface area contributed by atoms with Crippen LogP contribution in [0.4, 0.5) is 0 Å². The highest BCUT2D eigenvalue weighted by Gasteiger charge is 2.40. The van der Waals surface area contributed by atoms with Crippen LogP contribution in [0.25, 0.3) is 0 Å². The molecule has 1 heterocycles. The fourth-order valence-corrected chi connectivity index (χ4v) is 4.32. The molecule has 25 heavy (non-hydrogen) atoms. The highest BCUT2D eigenvalue weighted by atomic mass is 127. The average molecular weight is 457 g/mol. The first-order valence-corrected chi connectivity index (χ1v) is 9.25. The number of halogens is 1. The number of hydrogen-bond donors (Lipinski definition) is 1. The first kappa shape index (κ1) is 20.3. The number of rotatable bonds is 4. The molecule has 140 valence electrons. The third kappa shape index (κ3) is 4.80. The van der Waals surface area contributed by atoms with Crippen LogP contribution in [0.15, 0.2) is 23.2 Å². The average Bonchev–Trinajstić information content (AvgIpc) is 3.23. The normalized spacial score (nSPS) is 19.2. The van der Waals surface area contributed by atoms with E-state index in [0.29, 0.717) is 5.41 Å². The maximum atomic E-state index is 5.42. The van der Waals surface area contributed by atoms with Gasteiger partial charge in [0.15, 0.2) is 5.96 Å². The van der Waals surface area contributed by atoms with Gasteiger partial charge in [0.05, 0.1) is 7.11 Å². The number of likely N-dealkylation sites (tertiary alicyclic amines) is 1. The zero-order valence-corrected chi connectivity index (χ0v) is 18.1. The third-order valence-electron chi connectivity index (χ3n) is 5.78. The topological polar surface area (TPSA) is 36.9 Å². The second-order valence-corrected chi connectivity index (χ2v) is 7.41. The monoisotopic (exact) mass is 457 g/mol. The molecule has 1 N–H and O–H groups in total. The standard InChI is InChI=1S/C20H31N3O.HI/c1-16-6-7-17(14-18(16)24-3)8-12-22-19(21-2)23-13-11-20(15-23)9-4-5-10-20;/h6-7,14H,4-5,8-13,15H2,1-3H3,(H,21,22);1H. The van der Waals surface area contributed by atoms with Gasteiger partial charge in [-0.1, -0.05) is 25.0 Å². The van der Waals surface area contributed by atoms with Gasteiger partial charge in [-0.05, 0) is 55.2 Å². The summed E-state index contributed by atoms with van der Waals surface area (Å²) in [6.07, 6.45) is 7.95. The molecule has 0 amide bonds. The summed E-state index contributed by atoms with van der Waals surface area (Å²) in [6, 6.07) is 6.46. The molecule has 4 nitrogen and oxygen atoms in total. The number of aliphatic imine (C=N–C) groups is 1. The quantitative estimate of drug-likeness (QED) is 0.422. The Hall–Kier alpha value is -0.980. The van der Waals surface area contributed by atoms with Crippen molar-refractivity contribution in [3.63, 3.8) is 0 Å². The maximum Gasteiger partial charge on any atom is 0.193 e. The Labute approximate surface area is 169 Å².